The molecule has 0 amide bonds. The highest BCUT2D eigenvalue weighted by Gasteiger charge is 2.05. The lowest BCUT2D eigenvalue weighted by Gasteiger charge is -2.18. The van der Waals surface area contributed by atoms with E-state index in [1.54, 1.807) is 0 Å². The molecular formula is C23H39N. The summed E-state index contributed by atoms with van der Waals surface area (Å²) in [6.45, 7) is 17.1. The van der Waals surface area contributed by atoms with Gasteiger partial charge >= 0.3 is 0 Å². The van der Waals surface area contributed by atoms with Crippen molar-refractivity contribution in [2.24, 2.45) is 5.92 Å². The summed E-state index contributed by atoms with van der Waals surface area (Å²) in [5.74, 6) is 0.680. The van der Waals surface area contributed by atoms with E-state index in [4.69, 9.17) is 0 Å². The van der Waals surface area contributed by atoms with E-state index in [0.717, 1.165) is 32.1 Å². The average Bonchev–Trinajstić information content (AvgIpc) is 2.54. The zero-order valence-corrected chi connectivity index (χ0v) is 16.9. The number of nitrogens with one attached hydrogen (secondary N) is 1. The Morgan fingerprint density at radius 3 is 2.25 bits per heavy atom. The van der Waals surface area contributed by atoms with Crippen molar-refractivity contribution in [2.75, 3.05) is 0 Å². The van der Waals surface area contributed by atoms with E-state index in [1.165, 1.54) is 16.8 Å². The van der Waals surface area contributed by atoms with Gasteiger partial charge in [0, 0.05) is 11.7 Å². The van der Waals surface area contributed by atoms with E-state index in [2.05, 4.69) is 83.8 Å². The van der Waals surface area contributed by atoms with Gasteiger partial charge in [-0.2, -0.15) is 0 Å². The molecule has 0 radical (unpaired) electrons. The molecule has 0 fully saturated rings. The zero-order chi connectivity index (χ0) is 18.4. The van der Waals surface area contributed by atoms with Crippen molar-refractivity contribution in [2.45, 2.75) is 79.7 Å². The van der Waals surface area contributed by atoms with E-state index in [1.807, 2.05) is 6.08 Å². The Balaban J connectivity index is 4.63. The third kappa shape index (κ3) is 11.1. The second-order valence-electron chi connectivity index (χ2n) is 6.86. The van der Waals surface area contributed by atoms with Crippen molar-refractivity contribution in [1.82, 2.24) is 5.32 Å². The third-order valence-corrected chi connectivity index (χ3v) is 3.96. The van der Waals surface area contributed by atoms with E-state index in [0.29, 0.717) is 12.0 Å². The number of hydrogen-bond donors (Lipinski definition) is 1. The molecule has 136 valence electrons. The molecule has 0 heterocycles. The summed E-state index contributed by atoms with van der Waals surface area (Å²) >= 11 is 0. The van der Waals surface area contributed by atoms with Crippen LogP contribution in [-0.2, 0) is 0 Å². The SMILES string of the molecule is C=C/C(=C\CC(C)N/C(=C/CC)CCC(/C=C\C)=C/C)CC(C)C. The van der Waals surface area contributed by atoms with Gasteiger partial charge in [-0.05, 0) is 58.8 Å². The molecule has 0 aliphatic carbocycles. The molecule has 0 aliphatic rings. The summed E-state index contributed by atoms with van der Waals surface area (Å²) in [5, 5.41) is 3.70. The Labute approximate surface area is 151 Å². The van der Waals surface area contributed by atoms with Crippen LogP contribution in [0.25, 0.3) is 0 Å². The summed E-state index contributed by atoms with van der Waals surface area (Å²) in [4.78, 5) is 0. The van der Waals surface area contributed by atoms with Crippen molar-refractivity contribution in [3.05, 3.63) is 59.9 Å². The zero-order valence-electron chi connectivity index (χ0n) is 16.9. The van der Waals surface area contributed by atoms with Crippen LogP contribution in [0.3, 0.4) is 0 Å². The van der Waals surface area contributed by atoms with Crippen molar-refractivity contribution in [3.63, 3.8) is 0 Å². The number of hydrogen-bond acceptors (Lipinski definition) is 1. The van der Waals surface area contributed by atoms with Gasteiger partial charge in [0.25, 0.3) is 0 Å². The molecule has 1 heteroatoms. The standard InChI is InChI=1S/C23H39N/c1-8-12-21(10-3)16-17-23(13-9-2)24-20(7)14-15-22(11-4)18-19(5)6/h8,10-13,15,19-20,24H,4,9,14,16-18H2,1-3,5-7H3/b12-8-,21-10+,22-15+,23-13+. The molecule has 0 saturated heterocycles. The van der Waals surface area contributed by atoms with Crippen LogP contribution >= 0.6 is 0 Å². The molecule has 0 aromatic heterocycles. The Bertz CT molecular complexity index is 460. The maximum Gasteiger partial charge on any atom is 0.0264 e. The maximum atomic E-state index is 3.95. The van der Waals surface area contributed by atoms with Gasteiger partial charge in [-0.1, -0.05) is 75.0 Å². The number of rotatable bonds is 12. The largest absolute Gasteiger partial charge is 0.386 e. The first-order valence-corrected chi connectivity index (χ1v) is 9.51. The molecule has 0 aliphatic heterocycles. The van der Waals surface area contributed by atoms with Gasteiger partial charge < -0.3 is 5.32 Å². The Kier molecular flexibility index (Phi) is 13.0. The van der Waals surface area contributed by atoms with Gasteiger partial charge in [0.15, 0.2) is 0 Å². The molecule has 1 atom stereocenters. The van der Waals surface area contributed by atoms with Crippen LogP contribution in [0, 0.1) is 5.92 Å². The van der Waals surface area contributed by atoms with Crippen LogP contribution in [0.4, 0.5) is 0 Å². The van der Waals surface area contributed by atoms with Gasteiger partial charge in [0.1, 0.15) is 0 Å². The van der Waals surface area contributed by atoms with Crippen LogP contribution < -0.4 is 5.32 Å². The fourth-order valence-electron chi connectivity index (χ4n) is 2.72. The lowest BCUT2D eigenvalue weighted by atomic mass is 10.0. The maximum absolute atomic E-state index is 3.95. The lowest BCUT2D eigenvalue weighted by Crippen LogP contribution is -2.25. The second-order valence-corrected chi connectivity index (χ2v) is 6.86. The van der Waals surface area contributed by atoms with Crippen LogP contribution in [0.1, 0.15) is 73.6 Å². The monoisotopic (exact) mass is 329 g/mol. The minimum Gasteiger partial charge on any atom is -0.386 e. The van der Waals surface area contributed by atoms with E-state index in [9.17, 15) is 0 Å². The predicted octanol–water partition coefficient (Wildman–Crippen LogP) is 7.11. The average molecular weight is 330 g/mol. The highest BCUT2D eigenvalue weighted by atomic mass is 14.9. The van der Waals surface area contributed by atoms with Crippen LogP contribution in [-0.4, -0.2) is 6.04 Å². The second kappa shape index (κ2) is 13.9. The first-order valence-electron chi connectivity index (χ1n) is 9.51. The van der Waals surface area contributed by atoms with Crippen molar-refractivity contribution >= 4 is 0 Å². The van der Waals surface area contributed by atoms with Gasteiger partial charge in [0.2, 0.25) is 0 Å². The third-order valence-electron chi connectivity index (χ3n) is 3.96. The van der Waals surface area contributed by atoms with Crippen molar-refractivity contribution in [3.8, 4) is 0 Å². The first-order chi connectivity index (χ1) is 11.5. The minimum atomic E-state index is 0.445. The Morgan fingerprint density at radius 1 is 1.04 bits per heavy atom. The topological polar surface area (TPSA) is 12.0 Å². The molecular weight excluding hydrogens is 290 g/mol. The fraction of sp³-hybridized carbons (Fsp3) is 0.565. The summed E-state index contributed by atoms with van der Waals surface area (Å²) in [6.07, 6.45) is 18.6. The summed E-state index contributed by atoms with van der Waals surface area (Å²) in [6, 6.07) is 0.445. The highest BCUT2D eigenvalue weighted by Crippen LogP contribution is 2.15. The van der Waals surface area contributed by atoms with E-state index in [-0.39, 0.29) is 0 Å². The molecule has 0 aromatic carbocycles. The first kappa shape index (κ1) is 22.5. The lowest BCUT2D eigenvalue weighted by molar-refractivity contribution is 0.592. The molecule has 24 heavy (non-hydrogen) atoms. The molecule has 1 unspecified atom stereocenters. The Morgan fingerprint density at radius 2 is 1.75 bits per heavy atom. The van der Waals surface area contributed by atoms with Crippen molar-refractivity contribution < 1.29 is 0 Å². The van der Waals surface area contributed by atoms with Crippen LogP contribution in [0.5, 0.6) is 0 Å². The Hall–Kier alpha value is -1.50. The molecule has 0 saturated carbocycles. The quantitative estimate of drug-likeness (QED) is 0.376. The van der Waals surface area contributed by atoms with Gasteiger partial charge in [0.05, 0.1) is 0 Å². The summed E-state index contributed by atoms with van der Waals surface area (Å²) in [5.41, 5.74) is 4.13. The predicted molar refractivity (Wildman–Crippen MR) is 111 cm³/mol. The molecule has 0 bridgehead atoms. The van der Waals surface area contributed by atoms with Gasteiger partial charge in [-0.3, -0.25) is 0 Å². The fourth-order valence-corrected chi connectivity index (χ4v) is 2.72. The van der Waals surface area contributed by atoms with E-state index >= 15 is 0 Å². The molecule has 1 N–H and O–H groups in total. The molecule has 0 rings (SSSR count). The minimum absolute atomic E-state index is 0.445. The smallest absolute Gasteiger partial charge is 0.0264 e. The summed E-state index contributed by atoms with van der Waals surface area (Å²) < 4.78 is 0. The molecule has 1 nitrogen and oxygen atoms in total. The van der Waals surface area contributed by atoms with Crippen molar-refractivity contribution in [1.29, 1.82) is 0 Å². The van der Waals surface area contributed by atoms with Gasteiger partial charge in [-0.15, -0.1) is 0 Å². The van der Waals surface area contributed by atoms with E-state index < -0.39 is 0 Å². The number of allylic oxidation sites excluding steroid dienone is 8. The van der Waals surface area contributed by atoms with Crippen LogP contribution in [0.2, 0.25) is 0 Å². The summed E-state index contributed by atoms with van der Waals surface area (Å²) in [7, 11) is 0. The molecule has 0 spiro atoms. The normalized spacial score (nSPS) is 15.2. The van der Waals surface area contributed by atoms with Crippen LogP contribution in [0.15, 0.2) is 59.9 Å². The van der Waals surface area contributed by atoms with Gasteiger partial charge in [-0.25, -0.2) is 0 Å². The molecule has 0 aromatic rings. The highest BCUT2D eigenvalue weighted by molar-refractivity contribution is 5.19.